The van der Waals surface area contributed by atoms with E-state index in [4.69, 9.17) is 4.74 Å². The van der Waals surface area contributed by atoms with Crippen molar-refractivity contribution in [2.75, 3.05) is 13.2 Å². The number of rotatable bonds is 9. The highest BCUT2D eigenvalue weighted by Crippen LogP contribution is 2.40. The van der Waals surface area contributed by atoms with E-state index < -0.39 is 33.3 Å². The van der Waals surface area contributed by atoms with E-state index in [0.29, 0.717) is 13.0 Å². The molecule has 0 unspecified atom stereocenters. The molecule has 0 aromatic heterocycles. The number of nitrogens with zero attached hydrogens (tertiary/aromatic N) is 3. The fourth-order valence-corrected chi connectivity index (χ4v) is 3.74. The molecule has 1 fully saturated rings. The molecule has 1 aliphatic heterocycles. The second kappa shape index (κ2) is 10.2. The number of aliphatic hydroxyl groups is 1. The summed E-state index contributed by atoms with van der Waals surface area (Å²) >= 11 is 0. The van der Waals surface area contributed by atoms with Crippen LogP contribution >= 0.6 is 0 Å². The molecule has 11 heteroatoms. The quantitative estimate of drug-likeness (QED) is 0.145. The van der Waals surface area contributed by atoms with Crippen LogP contribution in [0.25, 0.3) is 5.76 Å². The largest absolute Gasteiger partial charge is 0.507 e. The number of likely N-dealkylation sites (tertiary alicyclic amines) is 1. The number of non-ortho nitro benzene ring substituents is 2. The number of carbonyl (C=O) groups excluding carboxylic acids is 2. The number of ketones is 1. The second-order valence-corrected chi connectivity index (χ2v) is 7.93. The third-order valence-electron chi connectivity index (χ3n) is 5.26. The van der Waals surface area contributed by atoms with Crippen molar-refractivity contribution in [3.8, 4) is 0 Å². The Morgan fingerprint density at radius 3 is 2.29 bits per heavy atom. The van der Waals surface area contributed by atoms with Crippen LogP contribution in [0.3, 0.4) is 0 Å². The Morgan fingerprint density at radius 2 is 1.68 bits per heavy atom. The third kappa shape index (κ3) is 5.09. The van der Waals surface area contributed by atoms with Crippen molar-refractivity contribution in [2.45, 2.75) is 32.4 Å². The van der Waals surface area contributed by atoms with Crippen LogP contribution in [-0.2, 0) is 14.3 Å². The number of amides is 1. The fraction of sp³-hybridized carbons (Fsp3) is 0.304. The van der Waals surface area contributed by atoms with Crippen LogP contribution in [0.1, 0.15) is 37.4 Å². The zero-order chi connectivity index (χ0) is 25.0. The Kier molecular flexibility index (Phi) is 7.37. The number of ether oxygens (including phenoxy) is 1. The SMILES string of the molecule is CC(C)OCCCN1C(=O)C(=O)C(=C(O)c2cccc([N+](=O)[O-])c2)[C@@H]1c1cccc([N+](=O)[O-])c1. The van der Waals surface area contributed by atoms with Crippen LogP contribution in [0.15, 0.2) is 54.1 Å². The van der Waals surface area contributed by atoms with E-state index in [0.717, 1.165) is 6.07 Å². The van der Waals surface area contributed by atoms with Crippen molar-refractivity contribution < 1.29 is 29.3 Å². The minimum atomic E-state index is -1.11. The number of nitro benzene ring substituents is 2. The number of hydrogen-bond donors (Lipinski definition) is 1. The summed E-state index contributed by atoms with van der Waals surface area (Å²) in [5.74, 6) is -2.46. The van der Waals surface area contributed by atoms with E-state index in [-0.39, 0.29) is 40.7 Å². The zero-order valence-electron chi connectivity index (χ0n) is 18.5. The van der Waals surface area contributed by atoms with Crippen LogP contribution in [0.5, 0.6) is 0 Å². The molecule has 0 aliphatic carbocycles. The van der Waals surface area contributed by atoms with Gasteiger partial charge in [0.15, 0.2) is 0 Å². The van der Waals surface area contributed by atoms with Gasteiger partial charge >= 0.3 is 0 Å². The van der Waals surface area contributed by atoms with Gasteiger partial charge in [0.25, 0.3) is 23.1 Å². The van der Waals surface area contributed by atoms with Crippen molar-refractivity contribution in [3.05, 3.63) is 85.5 Å². The van der Waals surface area contributed by atoms with E-state index in [1.54, 1.807) is 0 Å². The molecule has 1 saturated heterocycles. The molecule has 1 amide bonds. The van der Waals surface area contributed by atoms with Gasteiger partial charge in [-0.3, -0.25) is 29.8 Å². The molecule has 11 nitrogen and oxygen atoms in total. The number of hydrogen-bond acceptors (Lipinski definition) is 8. The maximum Gasteiger partial charge on any atom is 0.295 e. The highest BCUT2D eigenvalue weighted by molar-refractivity contribution is 6.46. The van der Waals surface area contributed by atoms with Crippen LogP contribution in [-0.4, -0.2) is 50.8 Å². The van der Waals surface area contributed by atoms with Gasteiger partial charge in [0.2, 0.25) is 0 Å². The Labute approximate surface area is 194 Å². The normalized spacial score (nSPS) is 17.4. The Balaban J connectivity index is 2.11. The maximum atomic E-state index is 13.0. The molecular formula is C23H23N3O8. The first-order valence-corrected chi connectivity index (χ1v) is 10.5. The number of carbonyl (C=O) groups is 2. The predicted molar refractivity (Wildman–Crippen MR) is 121 cm³/mol. The van der Waals surface area contributed by atoms with Crippen LogP contribution in [0, 0.1) is 20.2 Å². The van der Waals surface area contributed by atoms with Gasteiger partial charge in [-0.2, -0.15) is 0 Å². The molecule has 2 aromatic carbocycles. The monoisotopic (exact) mass is 469 g/mol. The fourth-order valence-electron chi connectivity index (χ4n) is 3.74. The van der Waals surface area contributed by atoms with Gasteiger partial charge in [-0.1, -0.05) is 24.3 Å². The summed E-state index contributed by atoms with van der Waals surface area (Å²) in [5.41, 5.74) is -0.621. The van der Waals surface area contributed by atoms with Gasteiger partial charge in [-0.05, 0) is 25.8 Å². The summed E-state index contributed by atoms with van der Waals surface area (Å²) in [6.07, 6.45) is 0.352. The first-order valence-electron chi connectivity index (χ1n) is 10.5. The van der Waals surface area contributed by atoms with Crippen molar-refractivity contribution >= 4 is 28.8 Å². The van der Waals surface area contributed by atoms with Crippen LogP contribution in [0.4, 0.5) is 11.4 Å². The lowest BCUT2D eigenvalue weighted by Gasteiger charge is -2.25. The van der Waals surface area contributed by atoms with Crippen molar-refractivity contribution in [2.24, 2.45) is 0 Å². The average molecular weight is 469 g/mol. The Morgan fingerprint density at radius 1 is 1.06 bits per heavy atom. The number of Topliss-reactive ketones (excluding diaryl/α,β-unsaturated/α-hetero) is 1. The topological polar surface area (TPSA) is 153 Å². The molecule has 0 bridgehead atoms. The second-order valence-electron chi connectivity index (χ2n) is 7.93. The first-order chi connectivity index (χ1) is 16.1. The molecule has 178 valence electrons. The number of benzene rings is 2. The lowest BCUT2D eigenvalue weighted by molar-refractivity contribution is -0.385. The molecule has 0 spiro atoms. The molecule has 1 N–H and O–H groups in total. The highest BCUT2D eigenvalue weighted by Gasteiger charge is 2.46. The average Bonchev–Trinajstić information content (AvgIpc) is 3.06. The summed E-state index contributed by atoms with van der Waals surface area (Å²) in [7, 11) is 0. The minimum Gasteiger partial charge on any atom is -0.507 e. The number of nitro groups is 2. The van der Waals surface area contributed by atoms with E-state index in [1.165, 1.54) is 47.4 Å². The highest BCUT2D eigenvalue weighted by atomic mass is 16.6. The summed E-state index contributed by atoms with van der Waals surface area (Å²) in [4.78, 5) is 48.3. The van der Waals surface area contributed by atoms with Crippen molar-refractivity contribution in [3.63, 3.8) is 0 Å². The van der Waals surface area contributed by atoms with E-state index >= 15 is 0 Å². The predicted octanol–water partition coefficient (Wildman–Crippen LogP) is 3.74. The Hall–Kier alpha value is -4.12. The molecule has 1 atom stereocenters. The smallest absolute Gasteiger partial charge is 0.295 e. The van der Waals surface area contributed by atoms with Crippen LogP contribution in [0.2, 0.25) is 0 Å². The van der Waals surface area contributed by atoms with E-state index in [1.807, 2.05) is 13.8 Å². The molecule has 0 radical (unpaired) electrons. The van der Waals surface area contributed by atoms with Gasteiger partial charge in [0.1, 0.15) is 5.76 Å². The van der Waals surface area contributed by atoms with Gasteiger partial charge in [-0.25, -0.2) is 0 Å². The summed E-state index contributed by atoms with van der Waals surface area (Å²) < 4.78 is 5.50. The number of aliphatic hydroxyl groups excluding tert-OH is 1. The molecule has 34 heavy (non-hydrogen) atoms. The molecule has 1 heterocycles. The molecular weight excluding hydrogens is 446 g/mol. The lowest BCUT2D eigenvalue weighted by Crippen LogP contribution is -2.31. The summed E-state index contributed by atoms with van der Waals surface area (Å²) in [6, 6.07) is 9.35. The maximum absolute atomic E-state index is 13.0. The third-order valence-corrected chi connectivity index (χ3v) is 5.26. The molecule has 3 rings (SSSR count). The first kappa shape index (κ1) is 24.5. The summed E-state index contributed by atoms with van der Waals surface area (Å²) in [6.45, 7) is 4.12. The van der Waals surface area contributed by atoms with Gasteiger partial charge in [0.05, 0.1) is 27.6 Å². The van der Waals surface area contributed by atoms with Gasteiger partial charge in [-0.15, -0.1) is 0 Å². The standard InChI is InChI=1S/C23H23N3O8/c1-14(2)34-11-5-10-24-20(15-6-3-8-17(12-15)25(30)31)19(22(28)23(24)29)21(27)16-7-4-9-18(13-16)26(32)33/h3-4,6-9,12-14,20,27H,5,10-11H2,1-2H3/t20-/m0/s1. The van der Waals surface area contributed by atoms with E-state index in [2.05, 4.69) is 0 Å². The van der Waals surface area contributed by atoms with Crippen LogP contribution < -0.4 is 0 Å². The zero-order valence-corrected chi connectivity index (χ0v) is 18.5. The Bertz CT molecular complexity index is 1170. The van der Waals surface area contributed by atoms with Crippen molar-refractivity contribution in [1.29, 1.82) is 0 Å². The minimum absolute atomic E-state index is 0.0224. The lowest BCUT2D eigenvalue weighted by atomic mass is 9.95. The molecule has 2 aromatic rings. The van der Waals surface area contributed by atoms with Gasteiger partial charge in [0, 0.05) is 43.0 Å². The van der Waals surface area contributed by atoms with E-state index in [9.17, 15) is 34.9 Å². The molecule has 1 aliphatic rings. The van der Waals surface area contributed by atoms with Crippen molar-refractivity contribution in [1.82, 2.24) is 4.90 Å². The van der Waals surface area contributed by atoms with Gasteiger partial charge < -0.3 is 14.7 Å². The molecule has 0 saturated carbocycles. The summed E-state index contributed by atoms with van der Waals surface area (Å²) in [5, 5.41) is 33.4.